The van der Waals surface area contributed by atoms with E-state index in [9.17, 15) is 4.79 Å². The van der Waals surface area contributed by atoms with Gasteiger partial charge in [0.1, 0.15) is 5.76 Å². The molecule has 1 aromatic heterocycles. The molecule has 1 heterocycles. The summed E-state index contributed by atoms with van der Waals surface area (Å²) in [6, 6.07) is 6.81. The lowest BCUT2D eigenvalue weighted by Gasteiger charge is -1.97. The lowest BCUT2D eigenvalue weighted by atomic mass is 10.1. The van der Waals surface area contributed by atoms with Gasteiger partial charge in [0.2, 0.25) is 11.8 Å². The van der Waals surface area contributed by atoms with E-state index in [0.717, 1.165) is 11.3 Å². The lowest BCUT2D eigenvalue weighted by molar-refractivity contribution is 0.100. The van der Waals surface area contributed by atoms with Gasteiger partial charge in [0, 0.05) is 11.1 Å². The van der Waals surface area contributed by atoms with Gasteiger partial charge in [-0.15, -0.1) is 0 Å². The normalized spacial score (nSPS) is 10.2. The molecule has 4 nitrogen and oxygen atoms in total. The Morgan fingerprint density at radius 2 is 2.00 bits per heavy atom. The molecule has 0 radical (unpaired) electrons. The van der Waals surface area contributed by atoms with E-state index in [-0.39, 0.29) is 0 Å². The van der Waals surface area contributed by atoms with Crippen molar-refractivity contribution in [2.45, 2.75) is 6.92 Å². The van der Waals surface area contributed by atoms with E-state index in [1.165, 1.54) is 0 Å². The van der Waals surface area contributed by atoms with Crippen LogP contribution in [-0.2, 0) is 0 Å². The first kappa shape index (κ1) is 9.45. The second-order valence-electron chi connectivity index (χ2n) is 3.22. The van der Waals surface area contributed by atoms with Gasteiger partial charge in [0.05, 0.1) is 6.20 Å². The zero-order valence-corrected chi connectivity index (χ0v) is 8.23. The van der Waals surface area contributed by atoms with Gasteiger partial charge in [-0.2, -0.15) is 0 Å². The second kappa shape index (κ2) is 3.57. The second-order valence-corrected chi connectivity index (χ2v) is 3.22. The summed E-state index contributed by atoms with van der Waals surface area (Å²) in [5, 5.41) is 0. The number of carbonyl (C=O) groups excluding carboxylic acids is 1. The molecule has 0 aliphatic heterocycles. The largest absolute Gasteiger partial charge is 0.441 e. The highest BCUT2D eigenvalue weighted by Crippen LogP contribution is 2.18. The highest BCUT2D eigenvalue weighted by Gasteiger charge is 2.05. The van der Waals surface area contributed by atoms with Crippen molar-refractivity contribution in [2.75, 3.05) is 0 Å². The maximum atomic E-state index is 10.8. The summed E-state index contributed by atoms with van der Waals surface area (Å²) >= 11 is 0. The third-order valence-corrected chi connectivity index (χ3v) is 2.04. The minimum Gasteiger partial charge on any atom is -0.441 e. The number of nitrogens with two attached hydrogens (primary N) is 1. The molecule has 0 spiro atoms. The van der Waals surface area contributed by atoms with Gasteiger partial charge < -0.3 is 10.2 Å². The Labute approximate surface area is 86.7 Å². The molecule has 1 aromatic carbocycles. The molecule has 0 atom stereocenters. The van der Waals surface area contributed by atoms with Crippen LogP contribution in [0.15, 0.2) is 34.9 Å². The van der Waals surface area contributed by atoms with E-state index in [4.69, 9.17) is 10.2 Å². The summed E-state index contributed by atoms with van der Waals surface area (Å²) in [7, 11) is 0. The smallest absolute Gasteiger partial charge is 0.248 e. The first-order valence-corrected chi connectivity index (χ1v) is 4.49. The third-order valence-electron chi connectivity index (χ3n) is 2.04. The van der Waals surface area contributed by atoms with Gasteiger partial charge in [0.25, 0.3) is 0 Å². The van der Waals surface area contributed by atoms with E-state index in [2.05, 4.69) is 4.98 Å². The fourth-order valence-electron chi connectivity index (χ4n) is 1.27. The van der Waals surface area contributed by atoms with Crippen LogP contribution in [0, 0.1) is 6.92 Å². The number of primary amides is 1. The Hall–Kier alpha value is -2.10. The van der Waals surface area contributed by atoms with Crippen LogP contribution in [0.5, 0.6) is 0 Å². The van der Waals surface area contributed by atoms with Gasteiger partial charge in [0.15, 0.2) is 0 Å². The molecule has 0 aliphatic rings. The van der Waals surface area contributed by atoms with Gasteiger partial charge in [-0.3, -0.25) is 4.79 Å². The molecule has 0 aliphatic carbocycles. The zero-order valence-electron chi connectivity index (χ0n) is 8.23. The van der Waals surface area contributed by atoms with Gasteiger partial charge in [-0.1, -0.05) is 0 Å². The zero-order chi connectivity index (χ0) is 10.8. The summed E-state index contributed by atoms with van der Waals surface area (Å²) in [6.45, 7) is 1.83. The summed E-state index contributed by atoms with van der Waals surface area (Å²) in [4.78, 5) is 14.9. The maximum Gasteiger partial charge on any atom is 0.248 e. The molecular formula is C11H10N2O2. The quantitative estimate of drug-likeness (QED) is 0.806. The minimum absolute atomic E-state index is 0.440. The molecule has 0 unspecified atom stereocenters. The van der Waals surface area contributed by atoms with Crippen LogP contribution in [-0.4, -0.2) is 10.9 Å². The van der Waals surface area contributed by atoms with Crippen molar-refractivity contribution in [2.24, 2.45) is 5.73 Å². The predicted octanol–water partition coefficient (Wildman–Crippen LogP) is 1.75. The van der Waals surface area contributed by atoms with Crippen molar-refractivity contribution in [3.8, 4) is 11.5 Å². The molecule has 0 saturated carbocycles. The van der Waals surface area contributed by atoms with Crippen LogP contribution < -0.4 is 5.73 Å². The number of nitrogens with zero attached hydrogens (tertiary/aromatic N) is 1. The number of oxazole rings is 1. The van der Waals surface area contributed by atoms with Gasteiger partial charge in [-0.25, -0.2) is 4.98 Å². The minimum atomic E-state index is -0.440. The highest BCUT2D eigenvalue weighted by atomic mass is 16.4. The molecule has 1 amide bonds. The van der Waals surface area contributed by atoms with Crippen molar-refractivity contribution in [1.29, 1.82) is 0 Å². The number of carbonyl (C=O) groups is 1. The van der Waals surface area contributed by atoms with Crippen LogP contribution in [0.3, 0.4) is 0 Å². The number of rotatable bonds is 2. The van der Waals surface area contributed by atoms with Crippen LogP contribution in [0.1, 0.15) is 16.1 Å². The molecule has 15 heavy (non-hydrogen) atoms. The summed E-state index contributed by atoms with van der Waals surface area (Å²) in [5.41, 5.74) is 6.43. The third kappa shape index (κ3) is 1.88. The standard InChI is InChI=1S/C11H10N2O2/c1-7-6-13-11(15-7)9-4-2-8(3-5-9)10(12)14/h2-6H,1H3,(H2,12,14). The van der Waals surface area contributed by atoms with Crippen LogP contribution >= 0.6 is 0 Å². The molecule has 0 saturated heterocycles. The first-order valence-electron chi connectivity index (χ1n) is 4.49. The number of benzene rings is 1. The lowest BCUT2D eigenvalue weighted by Crippen LogP contribution is -2.10. The Morgan fingerprint density at radius 1 is 1.33 bits per heavy atom. The van der Waals surface area contributed by atoms with Gasteiger partial charge in [-0.05, 0) is 31.2 Å². The number of aryl methyl sites for hydroxylation is 1. The average Bonchev–Trinajstić information content (AvgIpc) is 2.65. The molecule has 2 aromatic rings. The molecule has 4 heteroatoms. The summed E-state index contributed by atoms with van der Waals surface area (Å²) < 4.78 is 5.34. The first-order chi connectivity index (χ1) is 7.16. The van der Waals surface area contributed by atoms with E-state index in [1.807, 2.05) is 6.92 Å². The molecule has 0 bridgehead atoms. The Morgan fingerprint density at radius 3 is 2.47 bits per heavy atom. The molecular weight excluding hydrogens is 192 g/mol. The molecule has 0 fully saturated rings. The predicted molar refractivity (Wildman–Crippen MR) is 55.2 cm³/mol. The van der Waals surface area contributed by atoms with E-state index >= 15 is 0 Å². The van der Waals surface area contributed by atoms with Crippen molar-refractivity contribution in [1.82, 2.24) is 4.98 Å². The Kier molecular flexibility index (Phi) is 2.25. The number of aromatic nitrogens is 1. The molecule has 2 rings (SSSR count). The summed E-state index contributed by atoms with van der Waals surface area (Å²) in [5.74, 6) is 0.859. The van der Waals surface area contributed by atoms with Gasteiger partial charge >= 0.3 is 0 Å². The van der Waals surface area contributed by atoms with E-state index < -0.39 is 5.91 Å². The number of hydrogen-bond acceptors (Lipinski definition) is 3. The highest BCUT2D eigenvalue weighted by molar-refractivity contribution is 5.93. The van der Waals surface area contributed by atoms with E-state index in [1.54, 1.807) is 30.5 Å². The number of hydrogen-bond donors (Lipinski definition) is 1. The Bertz CT molecular complexity index is 486. The van der Waals surface area contributed by atoms with E-state index in [0.29, 0.717) is 11.5 Å². The SMILES string of the molecule is Cc1cnc(-c2ccc(C(N)=O)cc2)o1. The molecule has 76 valence electrons. The number of amides is 1. The van der Waals surface area contributed by atoms with Crippen molar-refractivity contribution >= 4 is 5.91 Å². The Balaban J connectivity index is 2.35. The van der Waals surface area contributed by atoms with Crippen LogP contribution in [0.4, 0.5) is 0 Å². The van der Waals surface area contributed by atoms with Crippen molar-refractivity contribution in [3.63, 3.8) is 0 Å². The van der Waals surface area contributed by atoms with Crippen molar-refractivity contribution in [3.05, 3.63) is 41.8 Å². The fourth-order valence-corrected chi connectivity index (χ4v) is 1.27. The monoisotopic (exact) mass is 202 g/mol. The fraction of sp³-hybridized carbons (Fsp3) is 0.0909. The maximum absolute atomic E-state index is 10.8. The van der Waals surface area contributed by atoms with Crippen LogP contribution in [0.2, 0.25) is 0 Å². The van der Waals surface area contributed by atoms with Crippen molar-refractivity contribution < 1.29 is 9.21 Å². The molecule has 2 N–H and O–H groups in total. The summed E-state index contributed by atoms with van der Waals surface area (Å²) in [6.07, 6.45) is 1.65. The topological polar surface area (TPSA) is 69.1 Å². The average molecular weight is 202 g/mol. The van der Waals surface area contributed by atoms with Crippen LogP contribution in [0.25, 0.3) is 11.5 Å².